The van der Waals surface area contributed by atoms with Crippen molar-refractivity contribution in [1.82, 2.24) is 10.3 Å². The van der Waals surface area contributed by atoms with Crippen molar-refractivity contribution >= 4 is 5.91 Å². The summed E-state index contributed by atoms with van der Waals surface area (Å²) in [7, 11) is 0. The maximum Gasteiger partial charge on any atom is 0.269 e. The number of aromatic nitrogens is 1. The molecule has 0 bridgehead atoms. The Balaban J connectivity index is 1.61. The first kappa shape index (κ1) is 15.2. The fourth-order valence-electron chi connectivity index (χ4n) is 2.34. The van der Waals surface area contributed by atoms with Crippen LogP contribution in [-0.2, 0) is 0 Å². The molecule has 1 aliphatic carbocycles. The average molecular weight is 308 g/mol. The van der Waals surface area contributed by atoms with Gasteiger partial charge in [-0.15, -0.1) is 0 Å². The van der Waals surface area contributed by atoms with Crippen LogP contribution < -0.4 is 5.32 Å². The van der Waals surface area contributed by atoms with E-state index in [-0.39, 0.29) is 11.7 Å². The summed E-state index contributed by atoms with van der Waals surface area (Å²) in [6, 6.07) is 9.52. The second kappa shape index (κ2) is 7.06. The monoisotopic (exact) mass is 308 g/mol. The Bertz CT molecular complexity index is 755. The van der Waals surface area contributed by atoms with Crippen LogP contribution in [0.25, 0.3) is 0 Å². The lowest BCUT2D eigenvalue weighted by Gasteiger charge is -2.25. The van der Waals surface area contributed by atoms with E-state index in [4.69, 9.17) is 0 Å². The molecule has 1 heterocycles. The molecule has 0 radical (unpaired) electrons. The zero-order valence-electron chi connectivity index (χ0n) is 12.7. The Morgan fingerprint density at radius 2 is 2.04 bits per heavy atom. The number of hydrogen-bond acceptors (Lipinski definition) is 2. The highest BCUT2D eigenvalue weighted by atomic mass is 19.1. The third-order valence-electron chi connectivity index (χ3n) is 3.95. The Hall–Kier alpha value is -2.67. The van der Waals surface area contributed by atoms with E-state index in [1.807, 2.05) is 0 Å². The van der Waals surface area contributed by atoms with Crippen LogP contribution in [0, 0.1) is 23.6 Å². The van der Waals surface area contributed by atoms with Crippen LogP contribution >= 0.6 is 0 Å². The van der Waals surface area contributed by atoms with E-state index in [0.717, 1.165) is 6.54 Å². The first-order valence-corrected chi connectivity index (χ1v) is 7.72. The molecule has 2 aromatic rings. The Morgan fingerprint density at radius 1 is 1.22 bits per heavy atom. The van der Waals surface area contributed by atoms with Crippen LogP contribution in [0.3, 0.4) is 0 Å². The quantitative estimate of drug-likeness (QED) is 0.885. The fraction of sp³-hybridized carbons (Fsp3) is 0.263. The number of amides is 1. The molecule has 23 heavy (non-hydrogen) atoms. The molecule has 3 rings (SSSR count). The zero-order valence-corrected chi connectivity index (χ0v) is 12.7. The summed E-state index contributed by atoms with van der Waals surface area (Å²) in [5.74, 6) is 5.94. The molecule has 0 spiro atoms. The minimum absolute atomic E-state index is 0.151. The Morgan fingerprint density at radius 3 is 2.70 bits per heavy atom. The number of nitrogens with one attached hydrogen (secondary N) is 1. The van der Waals surface area contributed by atoms with Gasteiger partial charge in [-0.05, 0) is 49.1 Å². The summed E-state index contributed by atoms with van der Waals surface area (Å²) in [5, 5.41) is 2.91. The number of hydrogen-bond donors (Lipinski definition) is 1. The molecule has 1 amide bonds. The predicted octanol–water partition coefficient (Wildman–Crippen LogP) is 3.15. The first-order chi connectivity index (χ1) is 11.2. The number of pyridine rings is 1. The lowest BCUT2D eigenvalue weighted by atomic mass is 9.85. The van der Waals surface area contributed by atoms with Gasteiger partial charge in [0.15, 0.2) is 0 Å². The molecule has 0 saturated heterocycles. The Labute approximate surface area is 134 Å². The molecule has 1 aliphatic rings. The summed E-state index contributed by atoms with van der Waals surface area (Å²) in [6.45, 7) is 0.724. The number of carbonyl (C=O) groups excluding carboxylic acids is 1. The zero-order chi connectivity index (χ0) is 16.1. The van der Waals surface area contributed by atoms with Crippen molar-refractivity contribution < 1.29 is 9.18 Å². The van der Waals surface area contributed by atoms with E-state index < -0.39 is 0 Å². The van der Waals surface area contributed by atoms with E-state index in [1.165, 1.54) is 31.4 Å². The van der Waals surface area contributed by atoms with Crippen molar-refractivity contribution in [2.45, 2.75) is 19.3 Å². The third kappa shape index (κ3) is 4.17. The van der Waals surface area contributed by atoms with E-state index in [2.05, 4.69) is 22.1 Å². The van der Waals surface area contributed by atoms with Crippen LogP contribution in [0.1, 0.15) is 40.9 Å². The number of rotatable bonds is 3. The highest BCUT2D eigenvalue weighted by Gasteiger charge is 2.18. The van der Waals surface area contributed by atoms with E-state index >= 15 is 0 Å². The molecule has 0 aliphatic heterocycles. The van der Waals surface area contributed by atoms with Gasteiger partial charge in [-0.1, -0.05) is 24.3 Å². The molecule has 1 saturated carbocycles. The normalized spacial score (nSPS) is 13.6. The second-order valence-corrected chi connectivity index (χ2v) is 5.70. The largest absolute Gasteiger partial charge is 0.350 e. The van der Waals surface area contributed by atoms with Crippen molar-refractivity contribution in [2.75, 3.05) is 6.54 Å². The molecule has 0 unspecified atom stereocenters. The van der Waals surface area contributed by atoms with Gasteiger partial charge < -0.3 is 5.32 Å². The molecule has 0 atom stereocenters. The molecule has 1 aromatic carbocycles. The molecule has 1 fully saturated rings. The van der Waals surface area contributed by atoms with Crippen LogP contribution in [0.15, 0.2) is 42.6 Å². The van der Waals surface area contributed by atoms with Crippen LogP contribution in [-0.4, -0.2) is 17.4 Å². The van der Waals surface area contributed by atoms with Gasteiger partial charge in [0.2, 0.25) is 0 Å². The van der Waals surface area contributed by atoms with Gasteiger partial charge in [-0.2, -0.15) is 0 Å². The van der Waals surface area contributed by atoms with E-state index in [0.29, 0.717) is 22.7 Å². The molecule has 1 aromatic heterocycles. The number of carbonyl (C=O) groups is 1. The SMILES string of the molecule is O=C(NCC1CCC1)c1ccc(C#Cc2cccc(F)c2)cn1. The molecule has 4 heteroatoms. The standard InChI is InChI=1S/C19H17FN2O/c20-17-6-2-3-14(11-17)7-8-16-9-10-18(21-12-16)19(23)22-13-15-4-1-5-15/h2-3,6,9-12,15H,1,4-5,13H2,(H,22,23). The van der Waals surface area contributed by atoms with Gasteiger partial charge in [0, 0.05) is 23.9 Å². The summed E-state index contributed by atoms with van der Waals surface area (Å²) < 4.78 is 13.1. The van der Waals surface area contributed by atoms with Crippen molar-refractivity contribution in [3.63, 3.8) is 0 Å². The number of nitrogens with zero attached hydrogens (tertiary/aromatic N) is 1. The molecule has 116 valence electrons. The minimum atomic E-state index is -0.312. The lowest BCUT2D eigenvalue weighted by molar-refractivity contribution is 0.0934. The molecular formula is C19H17FN2O. The van der Waals surface area contributed by atoms with Crippen molar-refractivity contribution in [1.29, 1.82) is 0 Å². The van der Waals surface area contributed by atoms with Crippen LogP contribution in [0.5, 0.6) is 0 Å². The van der Waals surface area contributed by atoms with Crippen molar-refractivity contribution in [3.8, 4) is 11.8 Å². The fourth-order valence-corrected chi connectivity index (χ4v) is 2.34. The highest BCUT2D eigenvalue weighted by Crippen LogP contribution is 2.25. The summed E-state index contributed by atoms with van der Waals surface area (Å²) in [5.41, 5.74) is 1.68. The van der Waals surface area contributed by atoms with E-state index in [9.17, 15) is 9.18 Å². The maximum atomic E-state index is 13.1. The first-order valence-electron chi connectivity index (χ1n) is 7.72. The molecule has 3 nitrogen and oxygen atoms in total. The van der Waals surface area contributed by atoms with Crippen molar-refractivity contribution in [3.05, 3.63) is 65.2 Å². The van der Waals surface area contributed by atoms with Gasteiger partial charge in [-0.25, -0.2) is 9.37 Å². The summed E-state index contributed by atoms with van der Waals surface area (Å²) in [4.78, 5) is 16.1. The molecular weight excluding hydrogens is 291 g/mol. The van der Waals surface area contributed by atoms with Gasteiger partial charge in [0.05, 0.1) is 0 Å². The lowest BCUT2D eigenvalue weighted by Crippen LogP contribution is -2.32. The smallest absolute Gasteiger partial charge is 0.269 e. The van der Waals surface area contributed by atoms with E-state index in [1.54, 1.807) is 30.5 Å². The Kier molecular flexibility index (Phi) is 4.68. The van der Waals surface area contributed by atoms with Crippen LogP contribution in [0.4, 0.5) is 4.39 Å². The number of benzene rings is 1. The molecule has 1 N–H and O–H groups in total. The summed E-state index contributed by atoms with van der Waals surface area (Å²) in [6.07, 6.45) is 5.21. The van der Waals surface area contributed by atoms with Gasteiger partial charge in [0.1, 0.15) is 11.5 Å². The highest BCUT2D eigenvalue weighted by molar-refractivity contribution is 5.92. The van der Waals surface area contributed by atoms with Gasteiger partial charge in [-0.3, -0.25) is 4.79 Å². The summed E-state index contributed by atoms with van der Waals surface area (Å²) >= 11 is 0. The maximum absolute atomic E-state index is 13.1. The van der Waals surface area contributed by atoms with Crippen molar-refractivity contribution in [2.24, 2.45) is 5.92 Å². The van der Waals surface area contributed by atoms with Gasteiger partial charge >= 0.3 is 0 Å². The minimum Gasteiger partial charge on any atom is -0.350 e. The van der Waals surface area contributed by atoms with Crippen LogP contribution in [0.2, 0.25) is 0 Å². The number of halogens is 1. The average Bonchev–Trinajstić information content (AvgIpc) is 2.52. The predicted molar refractivity (Wildman–Crippen MR) is 86.3 cm³/mol. The third-order valence-corrected chi connectivity index (χ3v) is 3.95. The van der Waals surface area contributed by atoms with Gasteiger partial charge in [0.25, 0.3) is 5.91 Å². The second-order valence-electron chi connectivity index (χ2n) is 5.70. The topological polar surface area (TPSA) is 42.0 Å².